The smallest absolute Gasteiger partial charge is 0.168 e. The zero-order valence-electron chi connectivity index (χ0n) is 12.2. The molecule has 0 aliphatic carbocycles. The Morgan fingerprint density at radius 1 is 1.14 bits per heavy atom. The van der Waals surface area contributed by atoms with Crippen molar-refractivity contribution in [2.24, 2.45) is 0 Å². The molecule has 0 aromatic heterocycles. The molecule has 0 atom stereocenters. The summed E-state index contributed by atoms with van der Waals surface area (Å²) < 4.78 is 0.964. The summed E-state index contributed by atoms with van der Waals surface area (Å²) in [6, 6.07) is 13.4. The number of rotatable bonds is 5. The van der Waals surface area contributed by atoms with Gasteiger partial charge in [0, 0.05) is 21.4 Å². The molecule has 108 valence electrons. The maximum Gasteiger partial charge on any atom is 0.168 e. The summed E-state index contributed by atoms with van der Waals surface area (Å²) in [5.74, 6) is 0.0605. The Hall–Kier alpha value is -1.87. The van der Waals surface area contributed by atoms with Crippen LogP contribution in [-0.4, -0.2) is 5.78 Å². The lowest BCUT2D eigenvalue weighted by molar-refractivity contribution is 0.0993. The van der Waals surface area contributed by atoms with E-state index in [2.05, 4.69) is 47.7 Å². The third-order valence-corrected chi connectivity index (χ3v) is 3.98. The average molecular weight is 344 g/mol. The summed E-state index contributed by atoms with van der Waals surface area (Å²) in [5, 5.41) is 3.24. The van der Waals surface area contributed by atoms with Crippen molar-refractivity contribution in [2.75, 3.05) is 5.32 Å². The van der Waals surface area contributed by atoms with Crippen molar-refractivity contribution < 1.29 is 4.79 Å². The van der Waals surface area contributed by atoms with Crippen molar-refractivity contribution in [1.29, 1.82) is 0 Å². The number of ketones is 1. The number of Topliss-reactive ketones (excluding diaryl/α,β-unsaturated/α-hetero) is 1. The number of halogens is 1. The Morgan fingerprint density at radius 2 is 1.81 bits per heavy atom. The van der Waals surface area contributed by atoms with Gasteiger partial charge < -0.3 is 5.32 Å². The van der Waals surface area contributed by atoms with Gasteiger partial charge in [-0.15, -0.1) is 0 Å². The first-order chi connectivity index (χ1) is 9.97. The Bertz CT molecular complexity index is 674. The number of aryl methyl sites for hydroxylation is 1. The van der Waals surface area contributed by atoms with Gasteiger partial charge in [0.15, 0.2) is 5.78 Å². The fourth-order valence-electron chi connectivity index (χ4n) is 2.05. The molecule has 0 unspecified atom stereocenters. The van der Waals surface area contributed by atoms with E-state index in [1.54, 1.807) is 0 Å². The predicted octanol–water partition coefficient (Wildman–Crippen LogP) is 5.26. The Kier molecular flexibility index (Phi) is 4.97. The molecule has 0 amide bonds. The lowest BCUT2D eigenvalue weighted by Crippen LogP contribution is -2.07. The van der Waals surface area contributed by atoms with Gasteiger partial charge in [-0.2, -0.15) is 0 Å². The lowest BCUT2D eigenvalue weighted by Gasteiger charge is -2.13. The second kappa shape index (κ2) is 6.72. The zero-order chi connectivity index (χ0) is 15.4. The second-order valence-electron chi connectivity index (χ2n) is 5.08. The fourth-order valence-corrected chi connectivity index (χ4v) is 2.32. The molecule has 0 aliphatic rings. The monoisotopic (exact) mass is 343 g/mol. The molecule has 0 saturated carbocycles. The van der Waals surface area contributed by atoms with E-state index in [0.717, 1.165) is 10.2 Å². The molecule has 2 aromatic rings. The highest BCUT2D eigenvalue weighted by atomic mass is 79.9. The van der Waals surface area contributed by atoms with Crippen LogP contribution in [0.15, 0.2) is 59.2 Å². The zero-order valence-corrected chi connectivity index (χ0v) is 13.8. The van der Waals surface area contributed by atoms with E-state index < -0.39 is 0 Å². The Labute approximate surface area is 134 Å². The molecule has 21 heavy (non-hydrogen) atoms. The molecule has 0 radical (unpaired) electrons. The number of carbonyl (C=O) groups is 1. The van der Waals surface area contributed by atoms with E-state index in [0.29, 0.717) is 11.3 Å². The predicted molar refractivity (Wildman–Crippen MR) is 91.8 cm³/mol. The van der Waals surface area contributed by atoms with E-state index in [1.807, 2.05) is 36.4 Å². The highest BCUT2D eigenvalue weighted by Gasteiger charge is 2.09. The summed E-state index contributed by atoms with van der Waals surface area (Å²) >= 11 is 3.36. The first-order valence-electron chi connectivity index (χ1n) is 6.77. The van der Waals surface area contributed by atoms with Crippen LogP contribution in [0.25, 0.3) is 0 Å². The maximum atomic E-state index is 12.2. The van der Waals surface area contributed by atoms with Gasteiger partial charge in [-0.3, -0.25) is 4.79 Å². The molecule has 2 aromatic carbocycles. The van der Waals surface area contributed by atoms with Gasteiger partial charge in [0.2, 0.25) is 0 Å². The highest BCUT2D eigenvalue weighted by molar-refractivity contribution is 9.10. The average Bonchev–Trinajstić information content (AvgIpc) is 2.44. The van der Waals surface area contributed by atoms with Gasteiger partial charge in [-0.25, -0.2) is 0 Å². The molecule has 3 heteroatoms. The summed E-state index contributed by atoms with van der Waals surface area (Å²) in [4.78, 5) is 12.2. The van der Waals surface area contributed by atoms with Gasteiger partial charge in [-0.05, 0) is 43.2 Å². The van der Waals surface area contributed by atoms with Gasteiger partial charge in [0.25, 0.3) is 0 Å². The molecule has 0 aliphatic heterocycles. The summed E-state index contributed by atoms with van der Waals surface area (Å²) in [7, 11) is 0. The molecule has 0 heterocycles. The number of anilines is 1. The van der Waals surface area contributed by atoms with Gasteiger partial charge in [0.1, 0.15) is 0 Å². The molecule has 2 rings (SSSR count). The van der Waals surface area contributed by atoms with Gasteiger partial charge in [-0.1, -0.05) is 46.8 Å². The first kappa shape index (κ1) is 15.5. The number of hydrogen-bond donors (Lipinski definition) is 1. The molecular weight excluding hydrogens is 326 g/mol. The number of nitrogens with one attached hydrogen (secondary N) is 1. The van der Waals surface area contributed by atoms with Crippen LogP contribution in [0.2, 0.25) is 0 Å². The van der Waals surface area contributed by atoms with Crippen molar-refractivity contribution >= 4 is 27.4 Å². The minimum Gasteiger partial charge on any atom is -0.359 e. The maximum absolute atomic E-state index is 12.2. The summed E-state index contributed by atoms with van der Waals surface area (Å²) in [6.07, 6.45) is 0.287. The Balaban J connectivity index is 2.03. The van der Waals surface area contributed by atoms with Crippen LogP contribution in [0.4, 0.5) is 5.69 Å². The van der Waals surface area contributed by atoms with Crippen molar-refractivity contribution in [3.05, 3.63) is 75.9 Å². The highest BCUT2D eigenvalue weighted by Crippen LogP contribution is 2.21. The third kappa shape index (κ3) is 4.05. The molecule has 0 spiro atoms. The van der Waals surface area contributed by atoms with E-state index in [1.165, 1.54) is 11.1 Å². The summed E-state index contributed by atoms with van der Waals surface area (Å²) in [5.41, 5.74) is 4.80. The summed E-state index contributed by atoms with van der Waals surface area (Å²) in [6.45, 7) is 8.09. The van der Waals surface area contributed by atoms with Crippen LogP contribution in [0.1, 0.15) is 27.9 Å². The second-order valence-corrected chi connectivity index (χ2v) is 6.00. The fraction of sp³-hybridized carbons (Fsp3) is 0.167. The van der Waals surface area contributed by atoms with Gasteiger partial charge >= 0.3 is 0 Å². The van der Waals surface area contributed by atoms with Crippen molar-refractivity contribution in [3.8, 4) is 0 Å². The van der Waals surface area contributed by atoms with Crippen LogP contribution in [0.3, 0.4) is 0 Å². The number of carbonyl (C=O) groups excluding carboxylic acids is 1. The van der Waals surface area contributed by atoms with E-state index >= 15 is 0 Å². The number of benzene rings is 2. The number of allylic oxidation sites excluding steroid dienone is 1. The molecular formula is C18H18BrNO. The standard InChI is InChI=1S/C18H18BrNO/c1-12-5-4-6-17(14(12)3)20-13(2)11-18(21)15-7-9-16(19)10-8-15/h4-10,20H,2,11H2,1,3H3. The molecule has 1 N–H and O–H groups in total. The van der Waals surface area contributed by atoms with Crippen LogP contribution in [0.5, 0.6) is 0 Å². The molecule has 2 nitrogen and oxygen atoms in total. The van der Waals surface area contributed by atoms with E-state index in [-0.39, 0.29) is 12.2 Å². The van der Waals surface area contributed by atoms with Crippen molar-refractivity contribution in [3.63, 3.8) is 0 Å². The van der Waals surface area contributed by atoms with Crippen LogP contribution in [0, 0.1) is 13.8 Å². The molecule has 0 bridgehead atoms. The quantitative estimate of drug-likeness (QED) is 0.749. The minimum absolute atomic E-state index is 0.0605. The SMILES string of the molecule is C=C(CC(=O)c1ccc(Br)cc1)Nc1cccc(C)c1C. The minimum atomic E-state index is 0.0605. The largest absolute Gasteiger partial charge is 0.359 e. The molecule has 0 fully saturated rings. The Morgan fingerprint density at radius 3 is 2.48 bits per heavy atom. The first-order valence-corrected chi connectivity index (χ1v) is 7.56. The van der Waals surface area contributed by atoms with Crippen molar-refractivity contribution in [1.82, 2.24) is 0 Å². The number of hydrogen-bond acceptors (Lipinski definition) is 2. The van der Waals surface area contributed by atoms with Crippen LogP contribution >= 0.6 is 15.9 Å². The van der Waals surface area contributed by atoms with Gasteiger partial charge in [0.05, 0.1) is 6.42 Å². The van der Waals surface area contributed by atoms with E-state index in [9.17, 15) is 4.79 Å². The third-order valence-electron chi connectivity index (χ3n) is 3.46. The van der Waals surface area contributed by atoms with Crippen molar-refractivity contribution in [2.45, 2.75) is 20.3 Å². The topological polar surface area (TPSA) is 29.1 Å². The van der Waals surface area contributed by atoms with Crippen LogP contribution in [-0.2, 0) is 0 Å². The lowest BCUT2D eigenvalue weighted by atomic mass is 10.1. The molecule has 0 saturated heterocycles. The van der Waals surface area contributed by atoms with E-state index in [4.69, 9.17) is 0 Å². The van der Waals surface area contributed by atoms with Crippen LogP contribution < -0.4 is 5.32 Å². The normalized spacial score (nSPS) is 10.2.